The van der Waals surface area contributed by atoms with Crippen LogP contribution in [-0.4, -0.2) is 9.13 Å². The van der Waals surface area contributed by atoms with Gasteiger partial charge in [-0.3, -0.25) is 0 Å². The van der Waals surface area contributed by atoms with Gasteiger partial charge in [-0.2, -0.15) is 0 Å². The summed E-state index contributed by atoms with van der Waals surface area (Å²) < 4.78 is 2.61. The fourth-order valence-corrected chi connectivity index (χ4v) is 7.51. The normalized spacial score (nSPS) is 12.2. The molecular weight excluding hydrogens is 652 g/mol. The van der Waals surface area contributed by atoms with Crippen molar-refractivity contribution in [1.82, 2.24) is 9.13 Å². The Hall–Kier alpha value is -4.01. The van der Waals surface area contributed by atoms with E-state index < -0.39 is 0 Å². The fourth-order valence-electron chi connectivity index (χ4n) is 7.13. The van der Waals surface area contributed by atoms with Gasteiger partial charge >= 0.3 is 0 Å². The third-order valence-corrected chi connectivity index (χ3v) is 10.3. The first-order chi connectivity index (χ1) is 24.2. The van der Waals surface area contributed by atoms with Gasteiger partial charge in [0.25, 0.3) is 0 Å². The van der Waals surface area contributed by atoms with Gasteiger partial charge in [0.05, 0.1) is 39.8 Å². The van der Waals surface area contributed by atoms with Crippen molar-refractivity contribution in [1.29, 1.82) is 0 Å². The molecule has 0 bridgehead atoms. The standard InChI is InChI=1S/C49H19ClN2/c1-20-23(4)34(15)45-40(29(20)10)43-33(14)26(7)32(13)39(49(43)51(45)19)38-28(9)27(8)37(18)48(44(38)50)52-46-35(16)24(5)21(2)30(11)41(46)42-31(12)22(3)25(6)36(17)47(42)52/h1-19H. The number of rotatable bonds is 2. The van der Waals surface area contributed by atoms with Gasteiger partial charge in [-0.25, -0.2) is 0 Å². The van der Waals surface area contributed by atoms with Crippen molar-refractivity contribution in [3.05, 3.63) is 237 Å². The second-order valence-electron chi connectivity index (χ2n) is 12.5. The molecule has 0 saturated carbocycles. The molecule has 0 atom stereocenters. The lowest BCUT2D eigenvalue weighted by Crippen LogP contribution is -2.08. The van der Waals surface area contributed by atoms with Gasteiger partial charge in [0, 0.05) is 60.4 Å². The molecule has 0 aliphatic heterocycles. The molecule has 0 unspecified atom stereocenters. The van der Waals surface area contributed by atoms with Gasteiger partial charge in [-0.1, -0.05) is 11.6 Å². The first-order valence-electron chi connectivity index (χ1n) is 15.0. The topological polar surface area (TPSA) is 9.86 Å². The maximum absolute atomic E-state index is 7.41. The van der Waals surface area contributed by atoms with Crippen molar-refractivity contribution in [3.8, 4) is 16.8 Å². The second kappa shape index (κ2) is 11.7. The van der Waals surface area contributed by atoms with E-state index in [1.165, 1.54) is 9.13 Å². The van der Waals surface area contributed by atoms with Crippen LogP contribution in [0.15, 0.2) is 0 Å². The van der Waals surface area contributed by atoms with E-state index in [4.69, 9.17) is 143 Å². The van der Waals surface area contributed by atoms with E-state index in [-0.39, 0.29) is 166 Å². The molecule has 7 rings (SSSR count). The maximum atomic E-state index is 7.41. The number of benzene rings is 5. The van der Waals surface area contributed by atoms with Gasteiger partial charge in [0.2, 0.25) is 0 Å². The zero-order chi connectivity index (χ0) is 38.5. The summed E-state index contributed by atoms with van der Waals surface area (Å²) >= 11 is 7.41. The van der Waals surface area contributed by atoms with Crippen molar-refractivity contribution >= 4 is 55.2 Å². The molecule has 2 aromatic heterocycles. The number of fused-ring (bicyclic) bond motifs is 6. The monoisotopic (exact) mass is 670 g/mol. The molecule has 7 aromatic rings. The molecule has 0 aliphatic carbocycles. The molecule has 0 aliphatic rings. The minimum atomic E-state index is -0.174. The molecule has 38 radical (unpaired) electrons. The zero-order valence-electron chi connectivity index (χ0n) is 27.2. The van der Waals surface area contributed by atoms with E-state index in [1.54, 1.807) is 0 Å². The average Bonchev–Trinajstić information content (AvgIpc) is 3.62. The van der Waals surface area contributed by atoms with E-state index in [0.29, 0.717) is 0 Å². The first-order valence-corrected chi connectivity index (χ1v) is 15.4. The lowest BCUT2D eigenvalue weighted by molar-refractivity contribution is 1.14. The minimum Gasteiger partial charge on any atom is -0.332 e. The summed E-state index contributed by atoms with van der Waals surface area (Å²) in [6, 6.07) is 0. The molecule has 0 spiro atoms. The van der Waals surface area contributed by atoms with Crippen molar-refractivity contribution in [3.63, 3.8) is 0 Å². The van der Waals surface area contributed by atoms with Crippen LogP contribution >= 0.6 is 11.6 Å². The van der Waals surface area contributed by atoms with E-state index in [9.17, 15) is 0 Å². The summed E-state index contributed by atoms with van der Waals surface area (Å²) in [4.78, 5) is 0. The zero-order valence-corrected chi connectivity index (χ0v) is 28.0. The van der Waals surface area contributed by atoms with Gasteiger partial charge in [0.15, 0.2) is 0 Å². The lowest BCUT2D eigenvalue weighted by Gasteiger charge is -2.25. The van der Waals surface area contributed by atoms with E-state index in [1.807, 2.05) is 0 Å². The minimum absolute atomic E-state index is 0.000368. The number of halogens is 1. The first kappa shape index (κ1) is 36.4. The summed E-state index contributed by atoms with van der Waals surface area (Å²) in [5, 5.41) is 0.696. The van der Waals surface area contributed by atoms with Crippen molar-refractivity contribution in [2.75, 3.05) is 0 Å². The van der Waals surface area contributed by atoms with Crippen molar-refractivity contribution in [2.24, 2.45) is 0 Å². The van der Waals surface area contributed by atoms with Crippen LogP contribution in [0.2, 0.25) is 5.02 Å². The van der Waals surface area contributed by atoms with Gasteiger partial charge < -0.3 is 9.13 Å². The highest BCUT2D eigenvalue weighted by atomic mass is 35.5. The van der Waals surface area contributed by atoms with Crippen LogP contribution in [0.4, 0.5) is 0 Å². The molecular formula is C49H19ClN2. The molecule has 0 fully saturated rings. The van der Waals surface area contributed by atoms with Crippen LogP contribution in [0.25, 0.3) is 60.4 Å². The molecule has 2 heterocycles. The second-order valence-corrected chi connectivity index (χ2v) is 12.8. The fraction of sp³-hybridized carbons (Fsp3) is 0. The Kier molecular flexibility index (Phi) is 8.21. The van der Waals surface area contributed by atoms with E-state index >= 15 is 0 Å². The van der Waals surface area contributed by atoms with Crippen LogP contribution in [0, 0.1) is 132 Å². The SMILES string of the molecule is [CH]c1c([CH])c(-c2c([CH])c([CH])c([CH])c3c4c([CH])c([CH])c([CH])c([CH])c4n([CH])c23)c(Cl)c(-n2c3c([CH])c([CH])c([CH])c([CH])c3c3c([CH])c([CH])c([CH])c([CH])c32)c1[CH]. The quantitative estimate of drug-likeness (QED) is 0.173. The summed E-state index contributed by atoms with van der Waals surface area (Å²) in [5.74, 6) is 0. The van der Waals surface area contributed by atoms with E-state index in [0.717, 1.165) is 0 Å². The molecule has 52 heavy (non-hydrogen) atoms. The summed E-state index contributed by atoms with van der Waals surface area (Å²) in [5.41, 5.74) is -0.414. The Balaban J connectivity index is 1.79. The Morgan fingerprint density at radius 3 is 1.00 bits per heavy atom. The summed E-state index contributed by atoms with van der Waals surface area (Å²) in [6.07, 6.45) is 0. The lowest BCUT2D eigenvalue weighted by atomic mass is 9.85. The highest BCUT2D eigenvalue weighted by molar-refractivity contribution is 6.37. The molecule has 5 aromatic carbocycles. The predicted molar refractivity (Wildman–Crippen MR) is 205 cm³/mol. The van der Waals surface area contributed by atoms with Crippen molar-refractivity contribution in [2.45, 2.75) is 0 Å². The van der Waals surface area contributed by atoms with Crippen LogP contribution in [0.3, 0.4) is 0 Å². The maximum Gasteiger partial charge on any atom is 0.0800 e. The van der Waals surface area contributed by atoms with Crippen LogP contribution in [0.5, 0.6) is 0 Å². The molecule has 0 amide bonds. The van der Waals surface area contributed by atoms with Gasteiger partial charge in [-0.05, 0) is 197 Å². The summed E-state index contributed by atoms with van der Waals surface area (Å²) in [6.45, 7) is 117. The Labute approximate surface area is 316 Å². The third-order valence-electron chi connectivity index (χ3n) is 9.92. The summed E-state index contributed by atoms with van der Waals surface area (Å²) in [7, 11) is 6.75. The Morgan fingerprint density at radius 2 is 0.577 bits per heavy atom. The van der Waals surface area contributed by atoms with Crippen LogP contribution < -0.4 is 0 Å². The molecule has 0 N–H and O–H groups in total. The number of hydrogen-bond acceptors (Lipinski definition) is 0. The molecule has 0 saturated heterocycles. The number of hydrogen-bond donors (Lipinski definition) is 0. The smallest absolute Gasteiger partial charge is 0.0800 e. The van der Waals surface area contributed by atoms with Gasteiger partial charge in [-0.15, -0.1) is 0 Å². The van der Waals surface area contributed by atoms with E-state index in [2.05, 4.69) is 0 Å². The highest BCUT2D eigenvalue weighted by Crippen LogP contribution is 2.51. The average molecular weight is 671 g/mol. The molecule has 232 valence electrons. The molecule has 2 nitrogen and oxygen atoms in total. The highest BCUT2D eigenvalue weighted by Gasteiger charge is 2.31. The Morgan fingerprint density at radius 1 is 0.288 bits per heavy atom. The van der Waals surface area contributed by atoms with Crippen LogP contribution in [0.1, 0.15) is 100 Å². The predicted octanol–water partition coefficient (Wildman–Crippen LogP) is 9.79. The molecule has 3 heteroatoms. The Bertz CT molecular complexity index is 2730. The largest absolute Gasteiger partial charge is 0.332 e. The number of nitrogens with zero attached hydrogens (tertiary/aromatic N) is 2. The van der Waals surface area contributed by atoms with Crippen LogP contribution in [-0.2, 0) is 0 Å². The van der Waals surface area contributed by atoms with Crippen molar-refractivity contribution < 1.29 is 0 Å². The third kappa shape index (κ3) is 4.25. The van der Waals surface area contributed by atoms with Gasteiger partial charge in [0.1, 0.15) is 0 Å². The number of aromatic nitrogens is 2.